The van der Waals surface area contributed by atoms with Crippen molar-refractivity contribution in [3.63, 3.8) is 0 Å². The average molecular weight is 278 g/mol. The third-order valence-corrected chi connectivity index (χ3v) is 4.27. The van der Waals surface area contributed by atoms with E-state index in [1.807, 2.05) is 6.92 Å². The standard InChI is InChI=1S/C13H18N4O3/c1-7-4-17(5-8(7)13(19)20)12(18)10-2-9-11(3-14-10)16-6-15-9/h6-8,10,14H,2-5H2,1H3,(H,15,16)(H,19,20). The molecule has 7 nitrogen and oxygen atoms in total. The van der Waals surface area contributed by atoms with Gasteiger partial charge in [-0.1, -0.05) is 6.92 Å². The van der Waals surface area contributed by atoms with Crippen molar-refractivity contribution < 1.29 is 14.7 Å². The number of carboxylic acids is 1. The summed E-state index contributed by atoms with van der Waals surface area (Å²) in [5, 5.41) is 12.3. The number of imidazole rings is 1. The van der Waals surface area contributed by atoms with Gasteiger partial charge in [0.05, 0.1) is 29.7 Å². The third kappa shape index (κ3) is 2.18. The number of rotatable bonds is 2. The predicted octanol–water partition coefficient (Wildman–Crippen LogP) is -0.397. The van der Waals surface area contributed by atoms with Crippen LogP contribution in [0.1, 0.15) is 18.3 Å². The van der Waals surface area contributed by atoms with Crippen molar-refractivity contribution in [1.29, 1.82) is 0 Å². The van der Waals surface area contributed by atoms with Crippen LogP contribution in [0, 0.1) is 11.8 Å². The van der Waals surface area contributed by atoms with Gasteiger partial charge in [0.2, 0.25) is 5.91 Å². The van der Waals surface area contributed by atoms with Crippen LogP contribution in [-0.4, -0.2) is 51.0 Å². The normalized spacial score (nSPS) is 29.2. The highest BCUT2D eigenvalue weighted by Gasteiger charge is 2.39. The summed E-state index contributed by atoms with van der Waals surface area (Å²) in [5.74, 6) is -1.29. The number of H-pyrrole nitrogens is 1. The van der Waals surface area contributed by atoms with E-state index in [0.29, 0.717) is 26.1 Å². The molecule has 3 heterocycles. The summed E-state index contributed by atoms with van der Waals surface area (Å²) >= 11 is 0. The number of likely N-dealkylation sites (tertiary alicyclic amines) is 1. The molecule has 0 radical (unpaired) electrons. The lowest BCUT2D eigenvalue weighted by Crippen LogP contribution is -2.49. The number of carboxylic acid groups (broad SMARTS) is 1. The lowest BCUT2D eigenvalue weighted by atomic mass is 9.99. The van der Waals surface area contributed by atoms with Gasteiger partial charge in [0, 0.05) is 26.1 Å². The first-order chi connectivity index (χ1) is 9.56. The van der Waals surface area contributed by atoms with E-state index in [9.17, 15) is 9.59 Å². The Morgan fingerprint density at radius 3 is 2.95 bits per heavy atom. The van der Waals surface area contributed by atoms with Crippen molar-refractivity contribution >= 4 is 11.9 Å². The lowest BCUT2D eigenvalue weighted by Gasteiger charge is -2.26. The molecule has 3 unspecified atom stereocenters. The van der Waals surface area contributed by atoms with Gasteiger partial charge in [0.25, 0.3) is 0 Å². The van der Waals surface area contributed by atoms with Gasteiger partial charge in [0.15, 0.2) is 0 Å². The zero-order valence-electron chi connectivity index (χ0n) is 11.3. The van der Waals surface area contributed by atoms with Crippen molar-refractivity contribution in [3.05, 3.63) is 17.7 Å². The quantitative estimate of drug-likeness (QED) is 0.684. The monoisotopic (exact) mass is 278 g/mol. The summed E-state index contributed by atoms with van der Waals surface area (Å²) in [7, 11) is 0. The summed E-state index contributed by atoms with van der Waals surface area (Å²) in [4.78, 5) is 32.5. The average Bonchev–Trinajstić information content (AvgIpc) is 3.02. The second-order valence-electron chi connectivity index (χ2n) is 5.63. The molecule has 0 saturated carbocycles. The fourth-order valence-corrected chi connectivity index (χ4v) is 3.03. The molecule has 1 aromatic heterocycles. The number of hydrogen-bond acceptors (Lipinski definition) is 4. The number of amides is 1. The number of aliphatic carboxylic acids is 1. The molecule has 3 N–H and O–H groups in total. The Balaban J connectivity index is 1.67. The molecule has 0 spiro atoms. The number of aromatic amines is 1. The lowest BCUT2D eigenvalue weighted by molar-refractivity contribution is -0.142. The van der Waals surface area contributed by atoms with Crippen LogP contribution in [0.3, 0.4) is 0 Å². The van der Waals surface area contributed by atoms with Gasteiger partial charge in [-0.25, -0.2) is 4.98 Å². The molecular weight excluding hydrogens is 260 g/mol. The van der Waals surface area contributed by atoms with Gasteiger partial charge in [-0.15, -0.1) is 0 Å². The Hall–Kier alpha value is -1.89. The molecule has 20 heavy (non-hydrogen) atoms. The van der Waals surface area contributed by atoms with Crippen molar-refractivity contribution in [2.45, 2.75) is 25.9 Å². The summed E-state index contributed by atoms with van der Waals surface area (Å²) in [6.45, 7) is 3.30. The zero-order valence-corrected chi connectivity index (χ0v) is 11.3. The predicted molar refractivity (Wildman–Crippen MR) is 69.8 cm³/mol. The van der Waals surface area contributed by atoms with Gasteiger partial charge in [0.1, 0.15) is 0 Å². The van der Waals surface area contributed by atoms with E-state index >= 15 is 0 Å². The Morgan fingerprint density at radius 2 is 2.25 bits per heavy atom. The largest absolute Gasteiger partial charge is 0.481 e. The number of aromatic nitrogens is 2. The number of carbonyl (C=O) groups excluding carboxylic acids is 1. The number of carbonyl (C=O) groups is 2. The molecule has 7 heteroatoms. The van der Waals surface area contributed by atoms with Crippen LogP contribution in [0.15, 0.2) is 6.33 Å². The second-order valence-corrected chi connectivity index (χ2v) is 5.63. The first-order valence-electron chi connectivity index (χ1n) is 6.82. The Kier molecular flexibility index (Phi) is 3.21. The van der Waals surface area contributed by atoms with Gasteiger partial charge in [-0.05, 0) is 5.92 Å². The number of nitrogens with zero attached hydrogens (tertiary/aromatic N) is 2. The molecule has 0 bridgehead atoms. The van der Waals surface area contributed by atoms with Crippen LogP contribution in [0.25, 0.3) is 0 Å². The summed E-state index contributed by atoms with van der Waals surface area (Å²) in [5.41, 5.74) is 1.94. The fraction of sp³-hybridized carbons (Fsp3) is 0.615. The minimum atomic E-state index is -0.820. The molecule has 2 aliphatic heterocycles. The number of fused-ring (bicyclic) bond motifs is 1. The van der Waals surface area contributed by atoms with Crippen LogP contribution in [0.2, 0.25) is 0 Å². The molecular formula is C13H18N4O3. The summed E-state index contributed by atoms with van der Waals surface area (Å²) in [6, 6.07) is -0.300. The van der Waals surface area contributed by atoms with Gasteiger partial charge in [-0.2, -0.15) is 0 Å². The molecule has 108 valence electrons. The van der Waals surface area contributed by atoms with E-state index in [0.717, 1.165) is 11.4 Å². The molecule has 1 amide bonds. The minimum Gasteiger partial charge on any atom is -0.481 e. The van der Waals surface area contributed by atoms with Crippen LogP contribution >= 0.6 is 0 Å². The summed E-state index contributed by atoms with van der Waals surface area (Å²) in [6.07, 6.45) is 2.19. The maximum Gasteiger partial charge on any atom is 0.308 e. The number of hydrogen-bond donors (Lipinski definition) is 3. The minimum absolute atomic E-state index is 0.000912. The van der Waals surface area contributed by atoms with Crippen LogP contribution in [0.4, 0.5) is 0 Å². The fourth-order valence-electron chi connectivity index (χ4n) is 3.03. The molecule has 3 atom stereocenters. The molecule has 0 aliphatic carbocycles. The molecule has 0 aromatic carbocycles. The molecule has 1 saturated heterocycles. The first-order valence-corrected chi connectivity index (χ1v) is 6.82. The zero-order chi connectivity index (χ0) is 14.3. The van der Waals surface area contributed by atoms with E-state index in [4.69, 9.17) is 5.11 Å². The van der Waals surface area contributed by atoms with E-state index in [1.54, 1.807) is 11.2 Å². The first kappa shape index (κ1) is 13.1. The second kappa shape index (κ2) is 4.90. The molecule has 1 fully saturated rings. The van der Waals surface area contributed by atoms with Crippen LogP contribution in [-0.2, 0) is 22.6 Å². The van der Waals surface area contributed by atoms with Gasteiger partial charge >= 0.3 is 5.97 Å². The number of nitrogens with one attached hydrogen (secondary N) is 2. The van der Waals surface area contributed by atoms with Crippen LogP contribution in [0.5, 0.6) is 0 Å². The Labute approximate surface area is 116 Å². The van der Waals surface area contributed by atoms with Crippen LogP contribution < -0.4 is 5.32 Å². The maximum absolute atomic E-state index is 12.5. The smallest absolute Gasteiger partial charge is 0.308 e. The van der Waals surface area contributed by atoms with Crippen molar-refractivity contribution in [1.82, 2.24) is 20.2 Å². The van der Waals surface area contributed by atoms with E-state index in [2.05, 4.69) is 15.3 Å². The summed E-state index contributed by atoms with van der Waals surface area (Å²) < 4.78 is 0. The van der Waals surface area contributed by atoms with Crippen molar-refractivity contribution in [3.8, 4) is 0 Å². The topological polar surface area (TPSA) is 98.3 Å². The van der Waals surface area contributed by atoms with Gasteiger partial charge < -0.3 is 15.0 Å². The highest BCUT2D eigenvalue weighted by molar-refractivity contribution is 5.84. The Morgan fingerprint density at radius 1 is 1.45 bits per heavy atom. The highest BCUT2D eigenvalue weighted by Crippen LogP contribution is 2.24. The van der Waals surface area contributed by atoms with E-state index in [-0.39, 0.29) is 17.9 Å². The van der Waals surface area contributed by atoms with Crippen molar-refractivity contribution in [2.24, 2.45) is 11.8 Å². The maximum atomic E-state index is 12.5. The molecule has 2 aliphatic rings. The SMILES string of the molecule is CC1CN(C(=O)C2Cc3nc[nH]c3CN2)CC1C(=O)O. The Bertz CT molecular complexity index is 541. The van der Waals surface area contributed by atoms with E-state index in [1.165, 1.54) is 0 Å². The highest BCUT2D eigenvalue weighted by atomic mass is 16.4. The molecule has 3 rings (SSSR count). The van der Waals surface area contributed by atoms with E-state index < -0.39 is 11.9 Å². The third-order valence-electron chi connectivity index (χ3n) is 4.27. The van der Waals surface area contributed by atoms with Gasteiger partial charge in [-0.3, -0.25) is 14.9 Å². The molecule has 1 aromatic rings. The van der Waals surface area contributed by atoms with Crippen molar-refractivity contribution in [2.75, 3.05) is 13.1 Å².